The van der Waals surface area contributed by atoms with E-state index in [1.807, 2.05) is 30.3 Å². The first kappa shape index (κ1) is 17.3. The molecule has 2 nitrogen and oxygen atoms in total. The zero-order valence-corrected chi connectivity index (χ0v) is 15.2. The Morgan fingerprint density at radius 1 is 0.741 bits per heavy atom. The van der Waals surface area contributed by atoms with E-state index in [0.717, 1.165) is 18.4 Å². The van der Waals surface area contributed by atoms with E-state index in [2.05, 4.69) is 54.6 Å². The van der Waals surface area contributed by atoms with Crippen LogP contribution in [0.2, 0.25) is 0 Å². The molecule has 0 radical (unpaired) electrons. The molecule has 0 fully saturated rings. The molecule has 0 spiro atoms. The minimum atomic E-state index is -0.136. The highest BCUT2D eigenvalue weighted by Gasteiger charge is 2.09. The van der Waals surface area contributed by atoms with Crippen molar-refractivity contribution in [3.63, 3.8) is 0 Å². The molecule has 0 aliphatic heterocycles. The van der Waals surface area contributed by atoms with Crippen molar-refractivity contribution in [1.29, 1.82) is 0 Å². The van der Waals surface area contributed by atoms with Crippen molar-refractivity contribution < 1.29 is 9.53 Å². The van der Waals surface area contributed by atoms with Crippen molar-refractivity contribution in [1.82, 2.24) is 0 Å². The van der Waals surface area contributed by atoms with Gasteiger partial charge in [-0.3, -0.25) is 4.79 Å². The SMILES string of the molecule is O=C(CCCc1c2ccccc2cc2ccccc12)OCc1ccccc1. The van der Waals surface area contributed by atoms with Crippen LogP contribution in [0.4, 0.5) is 0 Å². The quantitative estimate of drug-likeness (QED) is 0.311. The average molecular weight is 354 g/mol. The van der Waals surface area contributed by atoms with Crippen LogP contribution in [0.1, 0.15) is 24.0 Å². The average Bonchev–Trinajstić information content (AvgIpc) is 2.72. The van der Waals surface area contributed by atoms with Crippen molar-refractivity contribution in [3.05, 3.63) is 96.1 Å². The lowest BCUT2D eigenvalue weighted by Crippen LogP contribution is -2.05. The van der Waals surface area contributed by atoms with Crippen LogP contribution in [0.5, 0.6) is 0 Å². The van der Waals surface area contributed by atoms with E-state index in [1.165, 1.54) is 27.1 Å². The third kappa shape index (κ3) is 4.01. The molecule has 0 aliphatic carbocycles. The van der Waals surface area contributed by atoms with Crippen molar-refractivity contribution in [2.45, 2.75) is 25.9 Å². The predicted molar refractivity (Wildman–Crippen MR) is 111 cm³/mol. The molecular weight excluding hydrogens is 332 g/mol. The number of aryl methyl sites for hydroxylation is 1. The monoisotopic (exact) mass is 354 g/mol. The highest BCUT2D eigenvalue weighted by Crippen LogP contribution is 2.29. The summed E-state index contributed by atoms with van der Waals surface area (Å²) in [5, 5.41) is 5.04. The van der Waals surface area contributed by atoms with Gasteiger partial charge in [-0.05, 0) is 51.6 Å². The van der Waals surface area contributed by atoms with Crippen LogP contribution in [-0.4, -0.2) is 5.97 Å². The van der Waals surface area contributed by atoms with E-state index in [4.69, 9.17) is 4.74 Å². The number of hydrogen-bond acceptors (Lipinski definition) is 2. The smallest absolute Gasteiger partial charge is 0.306 e. The highest BCUT2D eigenvalue weighted by molar-refractivity contribution is 6.02. The van der Waals surface area contributed by atoms with Crippen LogP contribution < -0.4 is 0 Å². The van der Waals surface area contributed by atoms with Crippen LogP contribution in [0, 0.1) is 0 Å². The topological polar surface area (TPSA) is 26.3 Å². The largest absolute Gasteiger partial charge is 0.461 e. The molecule has 0 saturated heterocycles. The maximum atomic E-state index is 12.1. The Morgan fingerprint density at radius 3 is 2.00 bits per heavy atom. The first-order valence-electron chi connectivity index (χ1n) is 9.40. The Kier molecular flexibility index (Phi) is 5.15. The van der Waals surface area contributed by atoms with Crippen LogP contribution in [0.25, 0.3) is 21.5 Å². The lowest BCUT2D eigenvalue weighted by Gasteiger charge is -2.11. The molecule has 0 aromatic heterocycles. The van der Waals surface area contributed by atoms with Gasteiger partial charge in [-0.1, -0.05) is 78.9 Å². The third-order valence-electron chi connectivity index (χ3n) is 4.93. The van der Waals surface area contributed by atoms with Gasteiger partial charge in [-0.2, -0.15) is 0 Å². The van der Waals surface area contributed by atoms with Gasteiger partial charge in [0.1, 0.15) is 6.61 Å². The van der Waals surface area contributed by atoms with Gasteiger partial charge < -0.3 is 4.74 Å². The van der Waals surface area contributed by atoms with E-state index >= 15 is 0 Å². The number of carbonyl (C=O) groups excluding carboxylic acids is 1. The van der Waals surface area contributed by atoms with Crippen LogP contribution in [0.3, 0.4) is 0 Å². The zero-order valence-electron chi connectivity index (χ0n) is 15.2. The van der Waals surface area contributed by atoms with Gasteiger partial charge in [-0.15, -0.1) is 0 Å². The molecular formula is C25H22O2. The molecule has 0 heterocycles. The van der Waals surface area contributed by atoms with E-state index in [1.54, 1.807) is 0 Å². The van der Waals surface area contributed by atoms with Gasteiger partial charge >= 0.3 is 5.97 Å². The number of rotatable bonds is 6. The molecule has 4 rings (SSSR count). The molecule has 4 aromatic carbocycles. The molecule has 0 saturated carbocycles. The van der Waals surface area contributed by atoms with E-state index in [-0.39, 0.29) is 5.97 Å². The first-order valence-corrected chi connectivity index (χ1v) is 9.40. The minimum Gasteiger partial charge on any atom is -0.461 e. The Labute approximate surface area is 159 Å². The number of carbonyl (C=O) groups is 1. The Hall–Kier alpha value is -3.13. The predicted octanol–water partition coefficient (Wildman–Crippen LogP) is 6.06. The second-order valence-corrected chi connectivity index (χ2v) is 6.80. The first-order chi connectivity index (χ1) is 13.3. The van der Waals surface area contributed by atoms with Crippen molar-refractivity contribution in [3.8, 4) is 0 Å². The normalized spacial score (nSPS) is 11.0. The summed E-state index contributed by atoms with van der Waals surface area (Å²) in [5.41, 5.74) is 2.34. The fourth-order valence-electron chi connectivity index (χ4n) is 3.60. The van der Waals surface area contributed by atoms with Gasteiger partial charge in [0.2, 0.25) is 0 Å². The van der Waals surface area contributed by atoms with Gasteiger partial charge in [-0.25, -0.2) is 0 Å². The lowest BCUT2D eigenvalue weighted by molar-refractivity contribution is -0.145. The maximum absolute atomic E-state index is 12.1. The lowest BCUT2D eigenvalue weighted by atomic mass is 9.93. The summed E-state index contributed by atoms with van der Waals surface area (Å²) in [4.78, 5) is 12.1. The van der Waals surface area contributed by atoms with Gasteiger partial charge in [0, 0.05) is 6.42 Å². The standard InChI is InChI=1S/C25H22O2/c26-25(27-18-19-9-2-1-3-10-19)16-8-15-24-22-13-6-4-11-20(22)17-21-12-5-7-14-23(21)24/h1-7,9-14,17H,8,15-16,18H2. The fraction of sp³-hybridized carbons (Fsp3) is 0.160. The van der Waals surface area contributed by atoms with Crippen LogP contribution >= 0.6 is 0 Å². The van der Waals surface area contributed by atoms with Crippen LogP contribution in [-0.2, 0) is 22.6 Å². The zero-order chi connectivity index (χ0) is 18.5. The molecule has 2 heteroatoms. The van der Waals surface area contributed by atoms with E-state index in [0.29, 0.717) is 13.0 Å². The van der Waals surface area contributed by atoms with Crippen LogP contribution in [0.15, 0.2) is 84.9 Å². The molecule has 0 aliphatic rings. The van der Waals surface area contributed by atoms with Gasteiger partial charge in [0.15, 0.2) is 0 Å². The molecule has 0 amide bonds. The third-order valence-corrected chi connectivity index (χ3v) is 4.93. The van der Waals surface area contributed by atoms with Crippen molar-refractivity contribution >= 4 is 27.5 Å². The second kappa shape index (κ2) is 8.05. The molecule has 0 bridgehead atoms. The van der Waals surface area contributed by atoms with Crippen molar-refractivity contribution in [2.75, 3.05) is 0 Å². The summed E-state index contributed by atoms with van der Waals surface area (Å²) in [6.45, 7) is 0.344. The minimum absolute atomic E-state index is 0.136. The Bertz CT molecular complexity index is 1010. The summed E-state index contributed by atoms with van der Waals surface area (Å²) in [7, 11) is 0. The Morgan fingerprint density at radius 2 is 1.33 bits per heavy atom. The molecule has 27 heavy (non-hydrogen) atoms. The van der Waals surface area contributed by atoms with E-state index < -0.39 is 0 Å². The van der Waals surface area contributed by atoms with Gasteiger partial charge in [0.25, 0.3) is 0 Å². The summed E-state index contributed by atoms with van der Waals surface area (Å²) < 4.78 is 5.40. The maximum Gasteiger partial charge on any atom is 0.306 e. The number of hydrogen-bond donors (Lipinski definition) is 0. The second-order valence-electron chi connectivity index (χ2n) is 6.80. The highest BCUT2D eigenvalue weighted by atomic mass is 16.5. The summed E-state index contributed by atoms with van der Waals surface area (Å²) in [6, 6.07) is 29.0. The Balaban J connectivity index is 1.46. The van der Waals surface area contributed by atoms with E-state index in [9.17, 15) is 4.79 Å². The summed E-state index contributed by atoms with van der Waals surface area (Å²) in [5.74, 6) is -0.136. The molecule has 134 valence electrons. The molecule has 0 N–H and O–H groups in total. The molecule has 0 atom stereocenters. The summed E-state index contributed by atoms with van der Waals surface area (Å²) in [6.07, 6.45) is 2.08. The number of esters is 1. The number of ether oxygens (including phenoxy) is 1. The number of fused-ring (bicyclic) bond motifs is 2. The summed E-state index contributed by atoms with van der Waals surface area (Å²) >= 11 is 0. The van der Waals surface area contributed by atoms with Crippen molar-refractivity contribution in [2.24, 2.45) is 0 Å². The number of benzene rings is 4. The van der Waals surface area contributed by atoms with Gasteiger partial charge in [0.05, 0.1) is 0 Å². The fourth-order valence-corrected chi connectivity index (χ4v) is 3.60. The molecule has 0 unspecified atom stereocenters. The molecule has 4 aromatic rings.